The number of carbonyl (C=O) groups is 1. The maximum absolute atomic E-state index is 12.9. The van der Waals surface area contributed by atoms with Gasteiger partial charge in [-0.25, -0.2) is 23.3 Å². The molecule has 4 rings (SSSR count). The van der Waals surface area contributed by atoms with Crippen molar-refractivity contribution in [1.82, 2.24) is 19.2 Å². The summed E-state index contributed by atoms with van der Waals surface area (Å²) in [4.78, 5) is 28.7. The lowest BCUT2D eigenvalue weighted by atomic mass is 10.2. The monoisotopic (exact) mass is 337 g/mol. The molecule has 0 bridgehead atoms. The molecule has 2 heterocycles. The van der Waals surface area contributed by atoms with Crippen molar-refractivity contribution in [3.63, 3.8) is 0 Å². The summed E-state index contributed by atoms with van der Waals surface area (Å²) in [6.45, 7) is -0.258. The summed E-state index contributed by atoms with van der Waals surface area (Å²) in [7, 11) is 0. The Bertz CT molecular complexity index is 1150. The first-order chi connectivity index (χ1) is 12.1. The van der Waals surface area contributed by atoms with Crippen LogP contribution in [0, 0.1) is 5.82 Å². The van der Waals surface area contributed by atoms with Crippen LogP contribution in [0.5, 0.6) is 0 Å². The van der Waals surface area contributed by atoms with Crippen molar-refractivity contribution >= 4 is 28.1 Å². The van der Waals surface area contributed by atoms with Crippen molar-refractivity contribution in [3.8, 4) is 0 Å². The van der Waals surface area contributed by atoms with E-state index in [9.17, 15) is 14.0 Å². The number of nitrogens with zero attached hydrogens (tertiary/aromatic N) is 4. The van der Waals surface area contributed by atoms with Crippen molar-refractivity contribution in [2.24, 2.45) is 0 Å². The number of nitrogens with one attached hydrogen (secondary N) is 1. The van der Waals surface area contributed by atoms with Gasteiger partial charge in [-0.3, -0.25) is 4.79 Å². The highest BCUT2D eigenvalue weighted by Crippen LogP contribution is 2.14. The molecule has 0 aliphatic carbocycles. The number of hydrogen-bond donors (Lipinski definition) is 1. The second-order valence-electron chi connectivity index (χ2n) is 5.45. The Kier molecular flexibility index (Phi) is 3.50. The number of carbonyl (C=O) groups excluding carboxylic acids is 1. The SMILES string of the molecule is O=C(Cn1nc2c3ccccc3ncn2c1=O)Nc1ccc(F)cc1. The molecule has 1 amide bonds. The van der Waals surface area contributed by atoms with Crippen LogP contribution in [0.25, 0.3) is 16.6 Å². The fourth-order valence-corrected chi connectivity index (χ4v) is 2.58. The van der Waals surface area contributed by atoms with Gasteiger partial charge in [-0.1, -0.05) is 12.1 Å². The summed E-state index contributed by atoms with van der Waals surface area (Å²) in [5.41, 5.74) is 1.13. The smallest absolute Gasteiger partial charge is 0.324 e. The Labute approximate surface area is 140 Å². The third-order valence-electron chi connectivity index (χ3n) is 3.75. The van der Waals surface area contributed by atoms with Crippen LogP contribution in [-0.4, -0.2) is 25.1 Å². The number of rotatable bonds is 3. The first-order valence-electron chi connectivity index (χ1n) is 7.50. The van der Waals surface area contributed by atoms with Gasteiger partial charge in [0.25, 0.3) is 0 Å². The van der Waals surface area contributed by atoms with Crippen LogP contribution in [0.3, 0.4) is 0 Å². The lowest BCUT2D eigenvalue weighted by Gasteiger charge is -2.04. The van der Waals surface area contributed by atoms with E-state index in [1.807, 2.05) is 24.3 Å². The van der Waals surface area contributed by atoms with Crippen LogP contribution in [0.1, 0.15) is 0 Å². The molecule has 4 aromatic rings. The highest BCUT2D eigenvalue weighted by Gasteiger charge is 2.13. The number of amides is 1. The molecule has 0 saturated heterocycles. The fraction of sp³-hybridized carbons (Fsp3) is 0.0588. The van der Waals surface area contributed by atoms with Crippen molar-refractivity contribution in [2.45, 2.75) is 6.54 Å². The van der Waals surface area contributed by atoms with Crippen molar-refractivity contribution in [2.75, 3.05) is 5.32 Å². The quantitative estimate of drug-likeness (QED) is 0.618. The second kappa shape index (κ2) is 5.82. The van der Waals surface area contributed by atoms with Crippen LogP contribution in [-0.2, 0) is 11.3 Å². The number of anilines is 1. The van der Waals surface area contributed by atoms with Gasteiger partial charge in [-0.05, 0) is 36.4 Å². The Balaban J connectivity index is 1.66. The van der Waals surface area contributed by atoms with Gasteiger partial charge in [0.15, 0.2) is 5.65 Å². The molecule has 25 heavy (non-hydrogen) atoms. The molecule has 0 aliphatic heterocycles. The molecular formula is C17H12FN5O2. The Hall–Kier alpha value is -3.55. The van der Waals surface area contributed by atoms with Crippen molar-refractivity contribution in [3.05, 3.63) is 71.2 Å². The molecule has 7 nitrogen and oxygen atoms in total. The molecule has 0 saturated carbocycles. The predicted molar refractivity (Wildman–Crippen MR) is 89.8 cm³/mol. The first kappa shape index (κ1) is 15.0. The van der Waals surface area contributed by atoms with E-state index in [0.717, 1.165) is 10.1 Å². The average molecular weight is 337 g/mol. The molecule has 0 aliphatic rings. The largest absolute Gasteiger partial charge is 0.352 e. The lowest BCUT2D eigenvalue weighted by molar-refractivity contribution is -0.117. The topological polar surface area (TPSA) is 81.3 Å². The zero-order valence-corrected chi connectivity index (χ0v) is 12.9. The number of halogens is 1. The number of benzene rings is 2. The number of aromatic nitrogens is 4. The maximum Gasteiger partial charge on any atom is 0.352 e. The predicted octanol–water partition coefficient (Wildman–Crippen LogP) is 1.82. The highest BCUT2D eigenvalue weighted by molar-refractivity contribution is 5.92. The molecule has 8 heteroatoms. The second-order valence-corrected chi connectivity index (χ2v) is 5.45. The minimum absolute atomic E-state index is 0.258. The van der Waals surface area contributed by atoms with Crippen LogP contribution < -0.4 is 11.0 Å². The van der Waals surface area contributed by atoms with Gasteiger partial charge >= 0.3 is 5.69 Å². The summed E-state index contributed by atoms with van der Waals surface area (Å²) < 4.78 is 15.3. The minimum Gasteiger partial charge on any atom is -0.324 e. The Morgan fingerprint density at radius 2 is 1.88 bits per heavy atom. The molecule has 0 fully saturated rings. The third-order valence-corrected chi connectivity index (χ3v) is 3.75. The van der Waals surface area contributed by atoms with Gasteiger partial charge in [0, 0.05) is 11.1 Å². The fourth-order valence-electron chi connectivity index (χ4n) is 2.58. The summed E-state index contributed by atoms with van der Waals surface area (Å²) in [6, 6.07) is 12.7. The average Bonchev–Trinajstić information content (AvgIpc) is 2.93. The molecule has 0 radical (unpaired) electrons. The zero-order chi connectivity index (χ0) is 17.4. The van der Waals surface area contributed by atoms with Gasteiger partial charge < -0.3 is 5.32 Å². The molecule has 2 aromatic carbocycles. The van der Waals surface area contributed by atoms with Crippen molar-refractivity contribution in [1.29, 1.82) is 0 Å². The lowest BCUT2D eigenvalue weighted by Crippen LogP contribution is -2.28. The summed E-state index contributed by atoms with van der Waals surface area (Å²) in [6.07, 6.45) is 1.39. The van der Waals surface area contributed by atoms with Crippen LogP contribution in [0.15, 0.2) is 59.7 Å². The van der Waals surface area contributed by atoms with Gasteiger partial charge in [0.2, 0.25) is 5.91 Å². The molecule has 124 valence electrons. The van der Waals surface area contributed by atoms with Gasteiger partial charge in [0.1, 0.15) is 18.7 Å². The molecule has 0 unspecified atom stereocenters. The van der Waals surface area contributed by atoms with E-state index in [0.29, 0.717) is 16.9 Å². The van der Waals surface area contributed by atoms with E-state index in [4.69, 9.17) is 0 Å². The highest BCUT2D eigenvalue weighted by atomic mass is 19.1. The van der Waals surface area contributed by atoms with Crippen LogP contribution in [0.4, 0.5) is 10.1 Å². The van der Waals surface area contributed by atoms with E-state index < -0.39 is 17.4 Å². The van der Waals surface area contributed by atoms with E-state index in [1.165, 1.54) is 35.0 Å². The number of fused-ring (bicyclic) bond motifs is 3. The Morgan fingerprint density at radius 1 is 1.12 bits per heavy atom. The number of hydrogen-bond acceptors (Lipinski definition) is 4. The van der Waals surface area contributed by atoms with E-state index in [-0.39, 0.29) is 6.54 Å². The third kappa shape index (κ3) is 2.74. The summed E-state index contributed by atoms with van der Waals surface area (Å²) >= 11 is 0. The van der Waals surface area contributed by atoms with E-state index in [2.05, 4.69) is 15.4 Å². The van der Waals surface area contributed by atoms with Crippen molar-refractivity contribution < 1.29 is 9.18 Å². The molecule has 1 N–H and O–H groups in total. The van der Waals surface area contributed by atoms with Crippen LogP contribution in [0.2, 0.25) is 0 Å². The standard InChI is InChI=1S/C17H12FN5O2/c18-11-5-7-12(8-6-11)20-15(24)9-23-17(25)22-10-19-14-4-2-1-3-13(14)16(22)21-23/h1-8,10H,9H2,(H,20,24). The van der Waals surface area contributed by atoms with Gasteiger partial charge in [-0.15, -0.1) is 5.10 Å². The van der Waals surface area contributed by atoms with E-state index in [1.54, 1.807) is 0 Å². The zero-order valence-electron chi connectivity index (χ0n) is 12.9. The number of para-hydroxylation sites is 1. The maximum atomic E-state index is 12.9. The minimum atomic E-state index is -0.456. The molecular weight excluding hydrogens is 325 g/mol. The molecule has 2 aromatic heterocycles. The normalized spacial score (nSPS) is 11.1. The molecule has 0 atom stereocenters. The van der Waals surface area contributed by atoms with Crippen LogP contribution >= 0.6 is 0 Å². The van der Waals surface area contributed by atoms with Gasteiger partial charge in [0.05, 0.1) is 5.52 Å². The summed E-state index contributed by atoms with van der Waals surface area (Å²) in [5, 5.41) is 7.56. The Morgan fingerprint density at radius 3 is 2.68 bits per heavy atom. The van der Waals surface area contributed by atoms with Gasteiger partial charge in [-0.2, -0.15) is 0 Å². The molecule has 0 spiro atoms. The summed E-state index contributed by atoms with van der Waals surface area (Å²) in [5.74, 6) is -0.830. The van der Waals surface area contributed by atoms with E-state index >= 15 is 0 Å². The first-order valence-corrected chi connectivity index (χ1v) is 7.50.